The third-order valence-corrected chi connectivity index (χ3v) is 3.22. The Hall–Kier alpha value is -2.34. The van der Waals surface area contributed by atoms with Crippen molar-refractivity contribution in [1.29, 1.82) is 0 Å². The topological polar surface area (TPSA) is 67.6 Å². The van der Waals surface area contributed by atoms with E-state index in [1.807, 2.05) is 14.1 Å². The lowest BCUT2D eigenvalue weighted by Gasteiger charge is -2.15. The van der Waals surface area contributed by atoms with Gasteiger partial charge in [-0.05, 0) is 17.7 Å². The molecule has 21 heavy (non-hydrogen) atoms. The maximum Gasteiger partial charge on any atom is 0.268 e. The molecule has 0 aliphatic rings. The molecule has 0 amide bonds. The Morgan fingerprint density at radius 2 is 2.00 bits per heavy atom. The molecule has 1 N–H and O–H groups in total. The molecule has 2 rings (SSSR count). The molecular weight excluding hydrogens is 270 g/mol. The van der Waals surface area contributed by atoms with Crippen LogP contribution in [0.2, 0.25) is 0 Å². The van der Waals surface area contributed by atoms with Crippen LogP contribution in [0.1, 0.15) is 11.7 Å². The first-order valence-corrected chi connectivity index (χ1v) is 6.58. The fraction of sp³-hybridized carbons (Fsp3) is 0.333. The second kappa shape index (κ2) is 6.41. The predicted molar refractivity (Wildman–Crippen MR) is 80.8 cm³/mol. The van der Waals surface area contributed by atoms with Crippen LogP contribution in [0.25, 0.3) is 0 Å². The molecule has 6 heteroatoms. The number of hydrogen-bond acceptors (Lipinski definition) is 5. The molecule has 1 aromatic carbocycles. The van der Waals surface area contributed by atoms with E-state index in [4.69, 9.17) is 4.74 Å². The summed E-state index contributed by atoms with van der Waals surface area (Å²) in [5.74, 6) is 0.719. The zero-order chi connectivity index (χ0) is 15.4. The number of methoxy groups -OCH3 is 1. The van der Waals surface area contributed by atoms with Crippen LogP contribution in [0.5, 0.6) is 5.75 Å². The fourth-order valence-corrected chi connectivity index (χ4v) is 1.90. The normalized spacial score (nSPS) is 12.0. The van der Waals surface area contributed by atoms with Gasteiger partial charge in [0.05, 0.1) is 31.6 Å². The minimum Gasteiger partial charge on any atom is -0.497 e. The molecule has 2 aromatic rings. The molecule has 6 nitrogen and oxygen atoms in total. The van der Waals surface area contributed by atoms with Crippen LogP contribution in [0, 0.1) is 0 Å². The van der Waals surface area contributed by atoms with E-state index in [1.54, 1.807) is 42.5 Å². The van der Waals surface area contributed by atoms with Crippen molar-refractivity contribution in [3.05, 3.63) is 52.4 Å². The second-order valence-electron chi connectivity index (χ2n) is 4.92. The highest BCUT2D eigenvalue weighted by Gasteiger charge is 2.11. The van der Waals surface area contributed by atoms with Crippen molar-refractivity contribution in [1.82, 2.24) is 9.78 Å². The fourth-order valence-electron chi connectivity index (χ4n) is 1.90. The summed E-state index contributed by atoms with van der Waals surface area (Å²) in [6.45, 7) is 0.110. The van der Waals surface area contributed by atoms with E-state index in [1.165, 1.54) is 10.7 Å². The minimum absolute atomic E-state index is 0.110. The lowest BCUT2D eigenvalue weighted by molar-refractivity contribution is 0.149. The average Bonchev–Trinajstić information content (AvgIpc) is 2.49. The number of aliphatic hydroxyl groups is 1. The lowest BCUT2D eigenvalue weighted by Crippen LogP contribution is -2.26. The Morgan fingerprint density at radius 3 is 2.52 bits per heavy atom. The Morgan fingerprint density at radius 1 is 1.33 bits per heavy atom. The quantitative estimate of drug-likeness (QED) is 0.891. The molecule has 0 bridgehead atoms. The number of ether oxygens (including phenoxy) is 1. The molecule has 0 aliphatic heterocycles. The van der Waals surface area contributed by atoms with Gasteiger partial charge in [0.25, 0.3) is 5.56 Å². The van der Waals surface area contributed by atoms with Crippen molar-refractivity contribution in [2.24, 2.45) is 0 Å². The number of nitrogens with zero attached hydrogens (tertiary/aromatic N) is 3. The SMILES string of the molecule is COc1ccc(C(O)Cn2ncc(N(C)C)cc2=O)cc1. The molecule has 0 aliphatic carbocycles. The first kappa shape index (κ1) is 15.1. The van der Waals surface area contributed by atoms with Gasteiger partial charge in [0.1, 0.15) is 5.75 Å². The summed E-state index contributed by atoms with van der Waals surface area (Å²) in [5, 5.41) is 14.3. The summed E-state index contributed by atoms with van der Waals surface area (Å²) in [6.07, 6.45) is 0.800. The van der Waals surface area contributed by atoms with Crippen LogP contribution in [0.15, 0.2) is 41.3 Å². The Labute approximate surface area is 123 Å². The predicted octanol–water partition coefficient (Wildman–Crippen LogP) is 1.05. The molecule has 112 valence electrons. The van der Waals surface area contributed by atoms with E-state index in [2.05, 4.69) is 5.10 Å². The standard InChI is InChI=1S/C15H19N3O3/c1-17(2)12-8-15(20)18(16-9-12)10-14(19)11-4-6-13(21-3)7-5-11/h4-9,14,19H,10H2,1-3H3. The Bertz CT molecular complexity index is 650. The highest BCUT2D eigenvalue weighted by atomic mass is 16.5. The molecule has 1 aromatic heterocycles. The maximum atomic E-state index is 12.0. The number of benzene rings is 1. The second-order valence-corrected chi connectivity index (χ2v) is 4.92. The molecule has 0 saturated heterocycles. The van der Waals surface area contributed by atoms with E-state index < -0.39 is 6.10 Å². The largest absolute Gasteiger partial charge is 0.497 e. The molecule has 0 spiro atoms. The lowest BCUT2D eigenvalue weighted by atomic mass is 10.1. The summed E-state index contributed by atoms with van der Waals surface area (Å²) in [4.78, 5) is 13.8. The molecule has 0 radical (unpaired) electrons. The van der Waals surface area contributed by atoms with Gasteiger partial charge in [0.15, 0.2) is 0 Å². The van der Waals surface area contributed by atoms with Crippen molar-refractivity contribution in [3.8, 4) is 5.75 Å². The van der Waals surface area contributed by atoms with E-state index in [-0.39, 0.29) is 12.1 Å². The molecule has 1 atom stereocenters. The van der Waals surface area contributed by atoms with Gasteiger partial charge in [-0.3, -0.25) is 4.79 Å². The van der Waals surface area contributed by atoms with Crippen molar-refractivity contribution in [3.63, 3.8) is 0 Å². The highest BCUT2D eigenvalue weighted by molar-refractivity contribution is 5.40. The monoisotopic (exact) mass is 289 g/mol. The van der Waals surface area contributed by atoms with Gasteiger partial charge in [-0.25, -0.2) is 4.68 Å². The van der Waals surface area contributed by atoms with Crippen molar-refractivity contribution >= 4 is 5.69 Å². The summed E-state index contributed by atoms with van der Waals surface area (Å²) in [5.41, 5.74) is 1.20. The molecule has 1 unspecified atom stereocenters. The zero-order valence-corrected chi connectivity index (χ0v) is 12.4. The Kier molecular flexibility index (Phi) is 4.59. The van der Waals surface area contributed by atoms with Gasteiger partial charge in [0, 0.05) is 20.2 Å². The van der Waals surface area contributed by atoms with E-state index in [9.17, 15) is 9.90 Å². The summed E-state index contributed by atoms with van der Waals surface area (Å²) in [6, 6.07) is 8.56. The van der Waals surface area contributed by atoms with Crippen molar-refractivity contribution in [2.45, 2.75) is 12.6 Å². The van der Waals surface area contributed by atoms with Crippen LogP contribution in [-0.4, -0.2) is 36.1 Å². The number of rotatable bonds is 5. The van der Waals surface area contributed by atoms with Crippen molar-refractivity contribution < 1.29 is 9.84 Å². The smallest absolute Gasteiger partial charge is 0.268 e. The summed E-state index contributed by atoms with van der Waals surface area (Å²) >= 11 is 0. The van der Waals surface area contributed by atoms with Gasteiger partial charge >= 0.3 is 0 Å². The van der Waals surface area contributed by atoms with E-state index in [0.29, 0.717) is 5.56 Å². The van der Waals surface area contributed by atoms with Crippen LogP contribution < -0.4 is 15.2 Å². The number of aromatic nitrogens is 2. The number of hydrogen-bond donors (Lipinski definition) is 1. The van der Waals surface area contributed by atoms with Crippen LogP contribution in [0.4, 0.5) is 5.69 Å². The number of aliphatic hydroxyl groups excluding tert-OH is 1. The van der Waals surface area contributed by atoms with Crippen molar-refractivity contribution in [2.75, 3.05) is 26.1 Å². The van der Waals surface area contributed by atoms with Gasteiger partial charge in [-0.1, -0.05) is 12.1 Å². The third kappa shape index (κ3) is 3.61. The first-order valence-electron chi connectivity index (χ1n) is 6.58. The molecule has 0 saturated carbocycles. The molecular formula is C15H19N3O3. The third-order valence-electron chi connectivity index (χ3n) is 3.22. The van der Waals surface area contributed by atoms with Gasteiger partial charge in [0.2, 0.25) is 0 Å². The van der Waals surface area contributed by atoms with E-state index >= 15 is 0 Å². The molecule has 0 fully saturated rings. The number of anilines is 1. The average molecular weight is 289 g/mol. The van der Waals surface area contributed by atoms with Crippen LogP contribution >= 0.6 is 0 Å². The maximum absolute atomic E-state index is 12.0. The minimum atomic E-state index is -0.800. The van der Waals surface area contributed by atoms with Gasteiger partial charge in [-0.2, -0.15) is 5.10 Å². The molecule has 1 heterocycles. The first-order chi connectivity index (χ1) is 10.0. The Balaban J connectivity index is 2.15. The van der Waals surface area contributed by atoms with E-state index in [0.717, 1.165) is 11.4 Å². The van der Waals surface area contributed by atoms with Crippen LogP contribution in [0.3, 0.4) is 0 Å². The van der Waals surface area contributed by atoms with Crippen LogP contribution in [-0.2, 0) is 6.54 Å². The summed E-state index contributed by atoms with van der Waals surface area (Å²) < 4.78 is 6.32. The summed E-state index contributed by atoms with van der Waals surface area (Å²) in [7, 11) is 5.27. The van der Waals surface area contributed by atoms with Gasteiger partial charge in [-0.15, -0.1) is 0 Å². The zero-order valence-electron chi connectivity index (χ0n) is 12.4. The highest BCUT2D eigenvalue weighted by Crippen LogP contribution is 2.18. The van der Waals surface area contributed by atoms with Gasteiger partial charge < -0.3 is 14.7 Å².